The number of rotatable bonds is 30. The molecule has 0 rings (SSSR count). The lowest BCUT2D eigenvalue weighted by atomic mass is 10.0. The second kappa shape index (κ2) is 31.0. The molecule has 0 fully saturated rings. The van der Waals surface area contributed by atoms with Gasteiger partial charge in [-0.2, -0.15) is 0 Å². The Morgan fingerprint density at radius 3 is 0.735 bits per heavy atom. The minimum absolute atomic E-state index is 0.0314. The lowest BCUT2D eigenvalue weighted by Crippen LogP contribution is -2.05. The van der Waals surface area contributed by atoms with E-state index in [1.807, 2.05) is 0 Å². The van der Waals surface area contributed by atoms with E-state index in [1.165, 1.54) is 180 Å². The molecule has 0 aromatic carbocycles. The first-order chi connectivity index (χ1) is 16.8. The summed E-state index contributed by atoms with van der Waals surface area (Å²) < 4.78 is 0. The molecule has 0 spiro atoms. The van der Waals surface area contributed by atoms with Gasteiger partial charge in [-0.1, -0.05) is 194 Å². The summed E-state index contributed by atoms with van der Waals surface area (Å²) in [6.45, 7) is 4.53. The Morgan fingerprint density at radius 2 is 0.471 bits per heavy atom. The van der Waals surface area contributed by atoms with Crippen LogP contribution in [0.4, 0.5) is 0 Å². The highest BCUT2D eigenvalue weighted by Crippen LogP contribution is 2.16. The van der Waals surface area contributed by atoms with Gasteiger partial charge in [0.2, 0.25) is 0 Å². The molecule has 0 saturated heterocycles. The summed E-state index contributed by atoms with van der Waals surface area (Å²) in [6, 6.07) is 0. The Balaban J connectivity index is 3.05. The Hall–Kier alpha value is -0.0400. The molecule has 0 aliphatic rings. The summed E-state index contributed by atoms with van der Waals surface area (Å²) in [5.74, 6) is 0. The van der Waals surface area contributed by atoms with Crippen molar-refractivity contribution in [2.24, 2.45) is 0 Å². The van der Waals surface area contributed by atoms with Crippen LogP contribution in [0.2, 0.25) is 0 Å². The first kappa shape index (κ1) is 34.0. The van der Waals surface area contributed by atoms with E-state index in [0.29, 0.717) is 0 Å². The molecule has 0 amide bonds. The molecule has 1 atom stereocenters. The predicted molar refractivity (Wildman–Crippen MR) is 156 cm³/mol. The van der Waals surface area contributed by atoms with E-state index in [4.69, 9.17) is 0 Å². The van der Waals surface area contributed by atoms with Gasteiger partial charge in [0.25, 0.3) is 0 Å². The van der Waals surface area contributed by atoms with Crippen molar-refractivity contribution in [2.45, 2.75) is 213 Å². The fraction of sp³-hybridized carbons (Fsp3) is 1.00. The molecular formula is C33H68O. The number of hydrogen-bond acceptors (Lipinski definition) is 1. The Labute approximate surface area is 217 Å². The zero-order valence-corrected chi connectivity index (χ0v) is 24.2. The topological polar surface area (TPSA) is 20.2 Å². The number of hydrogen-bond donors (Lipinski definition) is 1. The van der Waals surface area contributed by atoms with Gasteiger partial charge in [-0.25, -0.2) is 0 Å². The van der Waals surface area contributed by atoms with Gasteiger partial charge in [0.15, 0.2) is 0 Å². The van der Waals surface area contributed by atoms with Crippen LogP contribution in [0.3, 0.4) is 0 Å². The van der Waals surface area contributed by atoms with Crippen LogP contribution in [0.1, 0.15) is 206 Å². The maximum Gasteiger partial charge on any atom is 0.0540 e. The summed E-state index contributed by atoms with van der Waals surface area (Å²) in [5.41, 5.74) is 0. The standard InChI is InChI=1S/C33H68O/c1-3-5-7-8-9-10-11-12-13-14-15-16-17-18-19-20-21-22-23-24-25-26-27-28-30-32-33(34)31-29-6-4-2/h33-34H,3-32H2,1-2H3. The maximum absolute atomic E-state index is 9.96. The number of aliphatic hydroxyl groups is 1. The summed E-state index contributed by atoms with van der Waals surface area (Å²) >= 11 is 0. The molecular weight excluding hydrogens is 412 g/mol. The lowest BCUT2D eigenvalue weighted by molar-refractivity contribution is 0.147. The Kier molecular flexibility index (Phi) is 31.0. The van der Waals surface area contributed by atoms with Crippen molar-refractivity contribution in [1.82, 2.24) is 0 Å². The van der Waals surface area contributed by atoms with Gasteiger partial charge in [-0.3, -0.25) is 0 Å². The largest absolute Gasteiger partial charge is 0.393 e. The van der Waals surface area contributed by atoms with E-state index in [1.54, 1.807) is 0 Å². The zero-order chi connectivity index (χ0) is 24.8. The van der Waals surface area contributed by atoms with Crippen LogP contribution in [0.15, 0.2) is 0 Å². The van der Waals surface area contributed by atoms with Crippen LogP contribution in [0.5, 0.6) is 0 Å². The first-order valence-corrected chi connectivity index (χ1v) is 16.5. The van der Waals surface area contributed by atoms with E-state index >= 15 is 0 Å². The smallest absolute Gasteiger partial charge is 0.0540 e. The fourth-order valence-electron chi connectivity index (χ4n) is 5.29. The van der Waals surface area contributed by atoms with Crippen LogP contribution < -0.4 is 0 Å². The first-order valence-electron chi connectivity index (χ1n) is 16.5. The van der Waals surface area contributed by atoms with Crippen molar-refractivity contribution in [1.29, 1.82) is 0 Å². The monoisotopic (exact) mass is 481 g/mol. The minimum Gasteiger partial charge on any atom is -0.393 e. The number of aliphatic hydroxyl groups excluding tert-OH is 1. The molecule has 1 nitrogen and oxygen atoms in total. The van der Waals surface area contributed by atoms with Gasteiger partial charge in [0.1, 0.15) is 0 Å². The number of unbranched alkanes of at least 4 members (excludes halogenated alkanes) is 26. The highest BCUT2D eigenvalue weighted by molar-refractivity contribution is 4.57. The molecule has 0 aromatic rings. The molecule has 0 aliphatic heterocycles. The Bertz CT molecular complexity index is 339. The van der Waals surface area contributed by atoms with Gasteiger partial charge in [0.05, 0.1) is 6.10 Å². The summed E-state index contributed by atoms with van der Waals surface area (Å²) in [6.07, 6.45) is 41.8. The van der Waals surface area contributed by atoms with Crippen molar-refractivity contribution in [3.8, 4) is 0 Å². The van der Waals surface area contributed by atoms with Gasteiger partial charge in [-0.05, 0) is 12.8 Å². The molecule has 0 heterocycles. The predicted octanol–water partition coefficient (Wildman–Crippen LogP) is 12.1. The van der Waals surface area contributed by atoms with E-state index < -0.39 is 0 Å². The molecule has 0 bridgehead atoms. The molecule has 0 aliphatic carbocycles. The van der Waals surface area contributed by atoms with Crippen LogP contribution in [0.25, 0.3) is 0 Å². The quantitative estimate of drug-likeness (QED) is 0.101. The van der Waals surface area contributed by atoms with Crippen molar-refractivity contribution in [2.75, 3.05) is 0 Å². The van der Waals surface area contributed by atoms with Crippen molar-refractivity contribution in [3.63, 3.8) is 0 Å². The highest BCUT2D eigenvalue weighted by atomic mass is 16.3. The van der Waals surface area contributed by atoms with Crippen LogP contribution in [-0.2, 0) is 0 Å². The Morgan fingerprint density at radius 1 is 0.294 bits per heavy atom. The maximum atomic E-state index is 9.96. The molecule has 0 radical (unpaired) electrons. The van der Waals surface area contributed by atoms with Gasteiger partial charge < -0.3 is 5.11 Å². The summed E-state index contributed by atoms with van der Waals surface area (Å²) in [5, 5.41) is 9.96. The minimum atomic E-state index is -0.0314. The molecule has 1 heteroatoms. The van der Waals surface area contributed by atoms with Crippen LogP contribution in [0, 0.1) is 0 Å². The van der Waals surface area contributed by atoms with Gasteiger partial charge in [0, 0.05) is 0 Å². The highest BCUT2D eigenvalue weighted by Gasteiger charge is 2.03. The molecule has 0 saturated carbocycles. The van der Waals surface area contributed by atoms with Gasteiger partial charge >= 0.3 is 0 Å². The average molecular weight is 481 g/mol. The third-order valence-electron chi connectivity index (χ3n) is 7.78. The van der Waals surface area contributed by atoms with Crippen LogP contribution >= 0.6 is 0 Å². The lowest BCUT2D eigenvalue weighted by Gasteiger charge is -2.09. The fourth-order valence-corrected chi connectivity index (χ4v) is 5.29. The third-order valence-corrected chi connectivity index (χ3v) is 7.78. The summed E-state index contributed by atoms with van der Waals surface area (Å²) in [7, 11) is 0. The van der Waals surface area contributed by atoms with Crippen molar-refractivity contribution in [3.05, 3.63) is 0 Å². The second-order valence-corrected chi connectivity index (χ2v) is 11.4. The molecule has 206 valence electrons. The van der Waals surface area contributed by atoms with Gasteiger partial charge in [-0.15, -0.1) is 0 Å². The normalized spacial score (nSPS) is 12.4. The SMILES string of the molecule is CCCCCCCCCCCCCCCCCCCCCCCCCCCC(O)CCCCC. The summed E-state index contributed by atoms with van der Waals surface area (Å²) in [4.78, 5) is 0. The van der Waals surface area contributed by atoms with Crippen LogP contribution in [-0.4, -0.2) is 11.2 Å². The van der Waals surface area contributed by atoms with Crippen molar-refractivity contribution < 1.29 is 5.11 Å². The van der Waals surface area contributed by atoms with E-state index in [2.05, 4.69) is 13.8 Å². The molecule has 1 unspecified atom stereocenters. The third kappa shape index (κ3) is 30.0. The molecule has 1 N–H and O–H groups in total. The zero-order valence-electron chi connectivity index (χ0n) is 24.2. The second-order valence-electron chi connectivity index (χ2n) is 11.4. The molecule has 34 heavy (non-hydrogen) atoms. The average Bonchev–Trinajstić information content (AvgIpc) is 2.84. The van der Waals surface area contributed by atoms with E-state index in [0.717, 1.165) is 12.8 Å². The van der Waals surface area contributed by atoms with E-state index in [9.17, 15) is 5.11 Å². The van der Waals surface area contributed by atoms with E-state index in [-0.39, 0.29) is 6.10 Å². The van der Waals surface area contributed by atoms with Crippen molar-refractivity contribution >= 4 is 0 Å². The molecule has 0 aromatic heterocycles.